The van der Waals surface area contributed by atoms with Crippen LogP contribution in [0.1, 0.15) is 69.0 Å². The fraction of sp³-hybridized carbons (Fsp3) is 0.345. The van der Waals surface area contributed by atoms with E-state index in [0.717, 1.165) is 29.8 Å². The summed E-state index contributed by atoms with van der Waals surface area (Å²) in [4.78, 5) is 5.19. The van der Waals surface area contributed by atoms with Crippen molar-refractivity contribution in [3.05, 3.63) is 88.7 Å². The zero-order valence-electron chi connectivity index (χ0n) is 19.3. The van der Waals surface area contributed by atoms with Crippen LogP contribution in [0.4, 0.5) is 0 Å². The van der Waals surface area contributed by atoms with E-state index in [1.807, 2.05) is 0 Å². The second kappa shape index (κ2) is 7.23. The quantitative estimate of drug-likeness (QED) is 0.504. The van der Waals surface area contributed by atoms with E-state index in [0.29, 0.717) is 0 Å². The molecule has 2 aliphatic rings. The Balaban J connectivity index is 1.89. The second-order valence-electron chi connectivity index (χ2n) is 9.73. The van der Waals surface area contributed by atoms with Crippen LogP contribution in [0.2, 0.25) is 0 Å². The van der Waals surface area contributed by atoms with Crippen molar-refractivity contribution in [2.75, 3.05) is 0 Å². The summed E-state index contributed by atoms with van der Waals surface area (Å²) in [6.45, 7) is 18.1. The van der Waals surface area contributed by atoms with Crippen molar-refractivity contribution in [3.63, 3.8) is 0 Å². The van der Waals surface area contributed by atoms with Crippen molar-refractivity contribution in [3.8, 4) is 11.3 Å². The van der Waals surface area contributed by atoms with Gasteiger partial charge < -0.3 is 0 Å². The zero-order chi connectivity index (χ0) is 21.7. The lowest BCUT2D eigenvalue weighted by atomic mass is 9.55. The number of allylic oxidation sites excluding steroid dienone is 6. The van der Waals surface area contributed by atoms with Gasteiger partial charge in [0.2, 0.25) is 0 Å². The Kier molecular flexibility index (Phi) is 4.97. The Bertz CT molecular complexity index is 1120. The highest BCUT2D eigenvalue weighted by Crippen LogP contribution is 2.55. The summed E-state index contributed by atoms with van der Waals surface area (Å²) in [7, 11) is 0. The lowest BCUT2D eigenvalue weighted by Gasteiger charge is -2.49. The van der Waals surface area contributed by atoms with Crippen LogP contribution < -0.4 is 0 Å². The molecule has 1 aromatic heterocycles. The van der Waals surface area contributed by atoms with Crippen LogP contribution in [-0.2, 0) is 11.8 Å². The van der Waals surface area contributed by atoms with Gasteiger partial charge in [-0.2, -0.15) is 0 Å². The average Bonchev–Trinajstić information content (AvgIpc) is 2.72. The van der Waals surface area contributed by atoms with Crippen LogP contribution in [0.5, 0.6) is 0 Å². The van der Waals surface area contributed by atoms with E-state index in [1.165, 1.54) is 33.4 Å². The number of hydrogen-bond acceptors (Lipinski definition) is 1. The Labute approximate surface area is 182 Å². The zero-order valence-corrected chi connectivity index (χ0v) is 19.3. The predicted molar refractivity (Wildman–Crippen MR) is 131 cm³/mol. The third-order valence-electron chi connectivity index (χ3n) is 7.53. The lowest BCUT2D eigenvalue weighted by molar-refractivity contribution is 0.248. The number of fused-ring (bicyclic) bond motifs is 2. The van der Waals surface area contributed by atoms with Crippen LogP contribution in [0.25, 0.3) is 22.9 Å². The number of nitrogens with zero attached hydrogens (tertiary/aromatic N) is 1. The van der Waals surface area contributed by atoms with E-state index < -0.39 is 0 Å². The van der Waals surface area contributed by atoms with Gasteiger partial charge in [-0.15, -0.1) is 0 Å². The Hall–Kier alpha value is -2.67. The summed E-state index contributed by atoms with van der Waals surface area (Å²) in [5, 5.41) is 0. The molecule has 154 valence electrons. The maximum Gasteiger partial charge on any atom is 0.0744 e. The second-order valence-corrected chi connectivity index (χ2v) is 9.73. The molecule has 0 radical (unpaired) electrons. The Morgan fingerprint density at radius 2 is 1.83 bits per heavy atom. The molecule has 0 atom stereocenters. The summed E-state index contributed by atoms with van der Waals surface area (Å²) in [5.41, 5.74) is 11.0. The van der Waals surface area contributed by atoms with E-state index in [1.54, 1.807) is 0 Å². The van der Waals surface area contributed by atoms with Crippen LogP contribution in [0.15, 0.2) is 60.7 Å². The molecule has 1 heterocycles. The normalized spacial score (nSPS) is 20.5. The SMILES string of the molecule is C=C1/C(=C\C=C/C)C(C)(C)C(C)(C)c2ccc(-c3cc(C)c4c(c3)C=CCC4)nc21. The molecule has 0 saturated heterocycles. The molecular formula is C29H33N. The van der Waals surface area contributed by atoms with Gasteiger partial charge in [-0.1, -0.05) is 70.7 Å². The fourth-order valence-corrected chi connectivity index (χ4v) is 4.95. The van der Waals surface area contributed by atoms with Crippen molar-refractivity contribution in [2.24, 2.45) is 5.41 Å². The minimum atomic E-state index is -0.0447. The number of aryl methyl sites for hydroxylation is 1. The van der Waals surface area contributed by atoms with Crippen molar-refractivity contribution < 1.29 is 0 Å². The largest absolute Gasteiger partial charge is 0.247 e. The molecule has 0 amide bonds. The highest BCUT2D eigenvalue weighted by Gasteiger charge is 2.47. The summed E-state index contributed by atoms with van der Waals surface area (Å²) in [5.74, 6) is 0. The van der Waals surface area contributed by atoms with Gasteiger partial charge in [0.05, 0.1) is 11.4 Å². The van der Waals surface area contributed by atoms with Crippen molar-refractivity contribution in [1.82, 2.24) is 4.98 Å². The third kappa shape index (κ3) is 3.03. The van der Waals surface area contributed by atoms with Crippen LogP contribution in [0, 0.1) is 12.3 Å². The maximum atomic E-state index is 5.19. The first-order chi connectivity index (χ1) is 14.2. The molecule has 2 aromatic rings. The molecule has 0 fully saturated rings. The minimum Gasteiger partial charge on any atom is -0.247 e. The molecular weight excluding hydrogens is 362 g/mol. The van der Waals surface area contributed by atoms with Gasteiger partial charge >= 0.3 is 0 Å². The molecule has 0 spiro atoms. The highest BCUT2D eigenvalue weighted by atomic mass is 14.7. The molecule has 2 aliphatic carbocycles. The van der Waals surface area contributed by atoms with E-state index in [9.17, 15) is 0 Å². The van der Waals surface area contributed by atoms with Gasteiger partial charge in [0.25, 0.3) is 0 Å². The van der Waals surface area contributed by atoms with Gasteiger partial charge in [0.1, 0.15) is 0 Å². The predicted octanol–water partition coefficient (Wildman–Crippen LogP) is 7.85. The van der Waals surface area contributed by atoms with Gasteiger partial charge in [-0.25, -0.2) is 4.98 Å². The topological polar surface area (TPSA) is 12.9 Å². The van der Waals surface area contributed by atoms with E-state index in [2.05, 4.69) is 103 Å². The third-order valence-corrected chi connectivity index (χ3v) is 7.53. The molecule has 4 rings (SSSR count). The average molecular weight is 396 g/mol. The number of pyridine rings is 1. The molecule has 0 unspecified atom stereocenters. The van der Waals surface area contributed by atoms with Gasteiger partial charge in [-0.3, -0.25) is 0 Å². The van der Waals surface area contributed by atoms with Crippen LogP contribution in [-0.4, -0.2) is 4.98 Å². The molecule has 30 heavy (non-hydrogen) atoms. The summed E-state index contributed by atoms with van der Waals surface area (Å²) in [6, 6.07) is 9.06. The standard InChI is InChI=1S/C29H33N/c1-8-9-14-24-20(3)27-25(29(6,7)28(24,4)5)15-16-26(30-27)22-17-19(2)23-13-11-10-12-21(23)18-22/h8-10,12,14-18H,3,11,13H2,1-2,4-7H3/b9-8-,24-14+. The van der Waals surface area contributed by atoms with Gasteiger partial charge in [0.15, 0.2) is 0 Å². The lowest BCUT2D eigenvalue weighted by Crippen LogP contribution is -2.42. The molecule has 1 heteroatoms. The number of hydrogen-bond donors (Lipinski definition) is 0. The van der Waals surface area contributed by atoms with Crippen LogP contribution in [0.3, 0.4) is 0 Å². The smallest absolute Gasteiger partial charge is 0.0744 e. The first-order valence-corrected chi connectivity index (χ1v) is 11.0. The molecule has 1 aromatic carbocycles. The van der Waals surface area contributed by atoms with Gasteiger partial charge in [-0.05, 0) is 83.7 Å². The maximum absolute atomic E-state index is 5.19. The Morgan fingerprint density at radius 3 is 2.57 bits per heavy atom. The monoisotopic (exact) mass is 395 g/mol. The number of aromatic nitrogens is 1. The van der Waals surface area contributed by atoms with Crippen molar-refractivity contribution in [1.29, 1.82) is 0 Å². The van der Waals surface area contributed by atoms with E-state index >= 15 is 0 Å². The fourth-order valence-electron chi connectivity index (χ4n) is 4.95. The van der Waals surface area contributed by atoms with Crippen molar-refractivity contribution in [2.45, 2.75) is 59.8 Å². The van der Waals surface area contributed by atoms with Crippen LogP contribution >= 0.6 is 0 Å². The van der Waals surface area contributed by atoms with Crippen molar-refractivity contribution >= 4 is 11.6 Å². The number of benzene rings is 1. The molecule has 0 saturated carbocycles. The molecule has 0 bridgehead atoms. The highest BCUT2D eigenvalue weighted by molar-refractivity contribution is 5.84. The summed E-state index contributed by atoms with van der Waals surface area (Å²) in [6.07, 6.45) is 13.2. The minimum absolute atomic E-state index is 0.0347. The molecule has 0 aliphatic heterocycles. The number of rotatable bonds is 2. The summed E-state index contributed by atoms with van der Waals surface area (Å²) < 4.78 is 0. The molecule has 1 nitrogen and oxygen atoms in total. The first kappa shape index (κ1) is 20.6. The van der Waals surface area contributed by atoms with E-state index in [-0.39, 0.29) is 10.8 Å². The first-order valence-electron chi connectivity index (χ1n) is 11.0. The Morgan fingerprint density at radius 1 is 1.07 bits per heavy atom. The van der Waals surface area contributed by atoms with Gasteiger partial charge in [0, 0.05) is 11.0 Å². The summed E-state index contributed by atoms with van der Waals surface area (Å²) >= 11 is 0. The molecule has 0 N–H and O–H groups in total. The van der Waals surface area contributed by atoms with E-state index in [4.69, 9.17) is 4.98 Å².